The van der Waals surface area contributed by atoms with Crippen molar-refractivity contribution in [3.8, 4) is 6.07 Å². The number of nitrogens with one attached hydrogen (secondary N) is 1. The average Bonchev–Trinajstić information content (AvgIpc) is 2.48. The molecule has 0 heterocycles. The quantitative estimate of drug-likeness (QED) is 0.679. The van der Waals surface area contributed by atoms with Crippen LogP contribution < -0.4 is 5.32 Å². The molecule has 6 heteroatoms. The first-order chi connectivity index (χ1) is 10.1. The van der Waals surface area contributed by atoms with Gasteiger partial charge in [0.2, 0.25) is 5.91 Å². The zero-order chi connectivity index (χ0) is 15.3. The van der Waals surface area contributed by atoms with E-state index in [1.165, 1.54) is 6.07 Å². The minimum absolute atomic E-state index is 0.0673. The van der Waals surface area contributed by atoms with Crippen LogP contribution in [0.4, 0.5) is 5.69 Å². The van der Waals surface area contributed by atoms with E-state index in [0.717, 1.165) is 19.3 Å². The van der Waals surface area contributed by atoms with Gasteiger partial charge in [0.25, 0.3) is 5.69 Å². The Kier molecular flexibility index (Phi) is 4.53. The summed E-state index contributed by atoms with van der Waals surface area (Å²) in [6.07, 6.45) is 4.11. The molecule has 21 heavy (non-hydrogen) atoms. The lowest BCUT2D eigenvalue weighted by Gasteiger charge is -2.31. The molecule has 0 bridgehead atoms. The molecular weight excluding hydrogens is 270 g/mol. The van der Waals surface area contributed by atoms with Gasteiger partial charge >= 0.3 is 0 Å². The maximum Gasteiger partial charge on any atom is 0.273 e. The average molecular weight is 287 g/mol. The molecule has 1 amide bonds. The Labute approximate surface area is 122 Å². The molecule has 1 aliphatic rings. The van der Waals surface area contributed by atoms with Crippen LogP contribution in [0.25, 0.3) is 0 Å². The SMILES string of the molecule is N#CC1(NC(=O)Cc2ccccc2[N+](=O)[O-])CCCCC1. The van der Waals surface area contributed by atoms with Crippen LogP contribution in [-0.4, -0.2) is 16.4 Å². The minimum Gasteiger partial charge on any atom is -0.338 e. The molecule has 0 atom stereocenters. The first-order valence-electron chi connectivity index (χ1n) is 7.01. The second kappa shape index (κ2) is 6.35. The van der Waals surface area contributed by atoms with Crippen molar-refractivity contribution < 1.29 is 9.72 Å². The van der Waals surface area contributed by atoms with Crippen LogP contribution in [0.5, 0.6) is 0 Å². The van der Waals surface area contributed by atoms with Crippen LogP contribution in [-0.2, 0) is 11.2 Å². The van der Waals surface area contributed by atoms with E-state index in [-0.39, 0.29) is 18.0 Å². The van der Waals surface area contributed by atoms with Crippen molar-refractivity contribution in [2.45, 2.75) is 44.1 Å². The van der Waals surface area contributed by atoms with Gasteiger partial charge in [-0.25, -0.2) is 0 Å². The van der Waals surface area contributed by atoms with E-state index in [0.29, 0.717) is 18.4 Å². The minimum atomic E-state index is -0.807. The Morgan fingerprint density at radius 2 is 2.00 bits per heavy atom. The number of nitriles is 1. The highest BCUT2D eigenvalue weighted by molar-refractivity contribution is 5.81. The van der Waals surface area contributed by atoms with Crippen LogP contribution in [0.2, 0.25) is 0 Å². The molecular formula is C15H17N3O3. The maximum atomic E-state index is 12.1. The van der Waals surface area contributed by atoms with Crippen molar-refractivity contribution in [1.29, 1.82) is 5.26 Å². The number of nitro groups is 1. The normalized spacial score (nSPS) is 16.7. The van der Waals surface area contributed by atoms with Crippen LogP contribution in [0.15, 0.2) is 24.3 Å². The molecule has 0 aliphatic heterocycles. The van der Waals surface area contributed by atoms with Gasteiger partial charge in [0.1, 0.15) is 5.54 Å². The molecule has 1 aromatic rings. The number of benzene rings is 1. The van der Waals surface area contributed by atoms with Gasteiger partial charge in [-0.1, -0.05) is 37.5 Å². The molecule has 1 fully saturated rings. The van der Waals surface area contributed by atoms with Gasteiger partial charge in [-0.3, -0.25) is 14.9 Å². The molecule has 0 aromatic heterocycles. The predicted octanol–water partition coefficient (Wildman–Crippen LogP) is 2.48. The third-order valence-electron chi connectivity index (χ3n) is 3.84. The number of carbonyl (C=O) groups excluding carboxylic acids is 1. The molecule has 1 aromatic carbocycles. The molecule has 0 radical (unpaired) electrons. The molecule has 1 N–H and O–H groups in total. The fourth-order valence-corrected chi connectivity index (χ4v) is 2.74. The summed E-state index contributed by atoms with van der Waals surface area (Å²) in [4.78, 5) is 22.6. The highest BCUT2D eigenvalue weighted by atomic mass is 16.6. The Morgan fingerprint density at radius 3 is 2.62 bits per heavy atom. The Morgan fingerprint density at radius 1 is 1.33 bits per heavy atom. The number of hydrogen-bond acceptors (Lipinski definition) is 4. The molecule has 2 rings (SSSR count). The van der Waals surface area contributed by atoms with Crippen LogP contribution >= 0.6 is 0 Å². The zero-order valence-corrected chi connectivity index (χ0v) is 11.7. The zero-order valence-electron chi connectivity index (χ0n) is 11.7. The fraction of sp³-hybridized carbons (Fsp3) is 0.467. The van der Waals surface area contributed by atoms with E-state index in [4.69, 9.17) is 0 Å². The van der Waals surface area contributed by atoms with Gasteiger partial charge in [0, 0.05) is 11.6 Å². The van der Waals surface area contributed by atoms with Crippen molar-refractivity contribution in [3.63, 3.8) is 0 Å². The van der Waals surface area contributed by atoms with Crippen molar-refractivity contribution in [3.05, 3.63) is 39.9 Å². The first-order valence-corrected chi connectivity index (χ1v) is 7.01. The number of carbonyl (C=O) groups is 1. The highest BCUT2D eigenvalue weighted by Crippen LogP contribution is 2.28. The molecule has 1 saturated carbocycles. The maximum absolute atomic E-state index is 12.1. The summed E-state index contributed by atoms with van der Waals surface area (Å²) in [5.41, 5.74) is -0.509. The molecule has 0 spiro atoms. The van der Waals surface area contributed by atoms with Crippen molar-refractivity contribution in [2.75, 3.05) is 0 Å². The van der Waals surface area contributed by atoms with Crippen molar-refractivity contribution >= 4 is 11.6 Å². The van der Waals surface area contributed by atoms with Gasteiger partial charge in [-0.05, 0) is 12.8 Å². The van der Waals surface area contributed by atoms with E-state index in [2.05, 4.69) is 11.4 Å². The molecule has 0 saturated heterocycles. The smallest absolute Gasteiger partial charge is 0.273 e. The number of para-hydroxylation sites is 1. The van der Waals surface area contributed by atoms with Crippen LogP contribution in [0.1, 0.15) is 37.7 Å². The lowest BCUT2D eigenvalue weighted by molar-refractivity contribution is -0.385. The van der Waals surface area contributed by atoms with E-state index in [1.54, 1.807) is 18.2 Å². The van der Waals surface area contributed by atoms with E-state index in [9.17, 15) is 20.2 Å². The fourth-order valence-electron chi connectivity index (χ4n) is 2.74. The number of nitrogens with zero attached hydrogens (tertiary/aromatic N) is 2. The van der Waals surface area contributed by atoms with Gasteiger partial charge in [-0.15, -0.1) is 0 Å². The summed E-state index contributed by atoms with van der Waals surface area (Å²) >= 11 is 0. The van der Waals surface area contributed by atoms with Crippen molar-refractivity contribution in [2.24, 2.45) is 0 Å². The lowest BCUT2D eigenvalue weighted by Crippen LogP contribution is -2.49. The predicted molar refractivity (Wildman–Crippen MR) is 76.4 cm³/mol. The lowest BCUT2D eigenvalue weighted by atomic mass is 9.82. The molecule has 110 valence electrons. The summed E-state index contributed by atoms with van der Waals surface area (Å²) in [5, 5.41) is 23.0. The molecule has 1 aliphatic carbocycles. The first kappa shape index (κ1) is 15.0. The highest BCUT2D eigenvalue weighted by Gasteiger charge is 2.33. The second-order valence-corrected chi connectivity index (χ2v) is 5.37. The van der Waals surface area contributed by atoms with E-state index < -0.39 is 10.5 Å². The Balaban J connectivity index is 2.08. The third-order valence-corrected chi connectivity index (χ3v) is 3.84. The summed E-state index contributed by atoms with van der Waals surface area (Å²) in [6.45, 7) is 0. The summed E-state index contributed by atoms with van der Waals surface area (Å²) in [5.74, 6) is -0.340. The second-order valence-electron chi connectivity index (χ2n) is 5.37. The number of rotatable bonds is 4. The monoisotopic (exact) mass is 287 g/mol. The van der Waals surface area contributed by atoms with E-state index in [1.807, 2.05) is 0 Å². The number of amides is 1. The van der Waals surface area contributed by atoms with E-state index >= 15 is 0 Å². The number of hydrogen-bond donors (Lipinski definition) is 1. The van der Waals surface area contributed by atoms with Crippen LogP contribution in [0, 0.1) is 21.4 Å². The standard InChI is InChI=1S/C15H17N3O3/c16-11-15(8-4-1-5-9-15)17-14(19)10-12-6-2-3-7-13(12)18(20)21/h2-3,6-7H,1,4-5,8-10H2,(H,17,19). The molecule has 0 unspecified atom stereocenters. The topological polar surface area (TPSA) is 96.0 Å². The Hall–Kier alpha value is -2.42. The number of nitro benzene ring substituents is 1. The molecule has 6 nitrogen and oxygen atoms in total. The van der Waals surface area contributed by atoms with Gasteiger partial charge in [-0.2, -0.15) is 5.26 Å². The van der Waals surface area contributed by atoms with Crippen LogP contribution in [0.3, 0.4) is 0 Å². The largest absolute Gasteiger partial charge is 0.338 e. The summed E-state index contributed by atoms with van der Waals surface area (Å²) < 4.78 is 0. The third kappa shape index (κ3) is 3.57. The van der Waals surface area contributed by atoms with Gasteiger partial charge in [0.15, 0.2) is 0 Å². The Bertz CT molecular complexity index is 586. The van der Waals surface area contributed by atoms with Gasteiger partial charge in [0.05, 0.1) is 17.4 Å². The van der Waals surface area contributed by atoms with Crippen molar-refractivity contribution in [1.82, 2.24) is 5.32 Å². The summed E-state index contributed by atoms with van der Waals surface area (Å²) in [6, 6.07) is 8.38. The summed E-state index contributed by atoms with van der Waals surface area (Å²) in [7, 11) is 0. The van der Waals surface area contributed by atoms with Gasteiger partial charge < -0.3 is 5.32 Å².